The molecule has 1 aliphatic carbocycles. The maximum absolute atomic E-state index is 14.3. The number of nitrogens with zero attached hydrogens (tertiary/aromatic N) is 3. The number of aromatic nitrogens is 2. The molecule has 3 aromatic rings. The fourth-order valence-electron chi connectivity index (χ4n) is 4.66. The van der Waals surface area contributed by atoms with Crippen molar-refractivity contribution in [3.8, 4) is 5.75 Å². The maximum atomic E-state index is 14.3. The molecule has 0 saturated heterocycles. The van der Waals surface area contributed by atoms with E-state index in [0.717, 1.165) is 35.7 Å². The summed E-state index contributed by atoms with van der Waals surface area (Å²) in [5, 5.41) is 14.8. The van der Waals surface area contributed by atoms with Gasteiger partial charge in [0.2, 0.25) is 5.43 Å². The molecule has 2 aliphatic rings. The first-order valence-electron chi connectivity index (χ1n) is 10.8. The zero-order valence-electron chi connectivity index (χ0n) is 17.7. The lowest BCUT2D eigenvalue weighted by atomic mass is 9.83. The number of halogens is 1. The second kappa shape index (κ2) is 7.89. The number of hydrogen-bond donors (Lipinski definition) is 1. The van der Waals surface area contributed by atoms with Crippen LogP contribution < -0.4 is 5.43 Å². The Morgan fingerprint density at radius 2 is 1.84 bits per heavy atom. The van der Waals surface area contributed by atoms with Crippen LogP contribution in [0.2, 0.25) is 0 Å². The fraction of sp³-hybridized carbons (Fsp3) is 0.320. The zero-order chi connectivity index (χ0) is 22.4. The predicted molar refractivity (Wildman–Crippen MR) is 117 cm³/mol. The number of carbonyl (C=O) groups is 1. The summed E-state index contributed by atoms with van der Waals surface area (Å²) in [5.41, 5.74) is 1.97. The Bertz CT molecular complexity index is 1210. The largest absolute Gasteiger partial charge is 0.502 e. The van der Waals surface area contributed by atoms with E-state index in [0.29, 0.717) is 19.0 Å². The average molecular weight is 433 g/mol. The molecule has 1 fully saturated rings. The lowest BCUT2D eigenvalue weighted by Crippen LogP contribution is -2.47. The third kappa shape index (κ3) is 3.68. The van der Waals surface area contributed by atoms with Gasteiger partial charge in [-0.2, -0.15) is 5.10 Å². The van der Waals surface area contributed by atoms with Gasteiger partial charge in [-0.05, 0) is 48.9 Å². The monoisotopic (exact) mass is 433 g/mol. The van der Waals surface area contributed by atoms with Crippen molar-refractivity contribution < 1.29 is 14.3 Å². The van der Waals surface area contributed by atoms with E-state index in [4.69, 9.17) is 0 Å². The molecular weight excluding hydrogens is 409 g/mol. The van der Waals surface area contributed by atoms with Crippen LogP contribution in [0.5, 0.6) is 5.75 Å². The van der Waals surface area contributed by atoms with E-state index < -0.39 is 23.1 Å². The smallest absolute Gasteiger partial charge is 0.276 e. The highest BCUT2D eigenvalue weighted by Gasteiger charge is 2.41. The van der Waals surface area contributed by atoms with Gasteiger partial charge >= 0.3 is 0 Å². The minimum absolute atomic E-state index is 0.0940. The van der Waals surface area contributed by atoms with Crippen LogP contribution in [0.4, 0.5) is 4.39 Å². The molecule has 1 N–H and O–H groups in total. The Morgan fingerprint density at radius 3 is 2.53 bits per heavy atom. The highest BCUT2D eigenvalue weighted by atomic mass is 19.1. The molecule has 1 aliphatic heterocycles. The van der Waals surface area contributed by atoms with Crippen molar-refractivity contribution in [1.29, 1.82) is 0 Å². The number of hydrogen-bond acceptors (Lipinski definition) is 4. The number of rotatable bonds is 5. The molecule has 7 heteroatoms. The Balaban J connectivity index is 1.71. The number of aromatic hydroxyl groups is 1. The third-order valence-corrected chi connectivity index (χ3v) is 6.37. The lowest BCUT2D eigenvalue weighted by molar-refractivity contribution is 0.0624. The lowest BCUT2D eigenvalue weighted by Gasteiger charge is -2.39. The van der Waals surface area contributed by atoms with Crippen LogP contribution in [-0.2, 0) is 0 Å². The second-order valence-corrected chi connectivity index (χ2v) is 8.82. The fourth-order valence-corrected chi connectivity index (χ4v) is 4.66. The molecule has 2 unspecified atom stereocenters. The first kappa shape index (κ1) is 20.4. The van der Waals surface area contributed by atoms with Crippen LogP contribution in [0.15, 0.2) is 59.5 Å². The number of amides is 1. The van der Waals surface area contributed by atoms with Gasteiger partial charge in [-0.15, -0.1) is 0 Å². The van der Waals surface area contributed by atoms with E-state index in [9.17, 15) is 19.1 Å². The summed E-state index contributed by atoms with van der Waals surface area (Å²) in [5.74, 6) is -1.23. The number of aryl methyl sites for hydroxylation is 1. The quantitative estimate of drug-likeness (QED) is 0.667. The molecule has 2 atom stereocenters. The molecule has 0 bridgehead atoms. The van der Waals surface area contributed by atoms with Crippen molar-refractivity contribution in [3.05, 3.63) is 93.2 Å². The van der Waals surface area contributed by atoms with Gasteiger partial charge in [0, 0.05) is 19.0 Å². The van der Waals surface area contributed by atoms with Gasteiger partial charge in [0.15, 0.2) is 11.4 Å². The molecule has 32 heavy (non-hydrogen) atoms. The summed E-state index contributed by atoms with van der Waals surface area (Å²) in [4.78, 5) is 27.1. The molecule has 1 amide bonds. The van der Waals surface area contributed by atoms with Crippen LogP contribution in [0.25, 0.3) is 0 Å². The molecule has 1 aromatic heterocycles. The van der Waals surface area contributed by atoms with E-state index in [1.54, 1.807) is 11.0 Å². The topological polar surface area (TPSA) is 75.4 Å². The molecule has 1 saturated carbocycles. The second-order valence-electron chi connectivity index (χ2n) is 8.82. The van der Waals surface area contributed by atoms with E-state index in [1.807, 2.05) is 37.3 Å². The summed E-state index contributed by atoms with van der Waals surface area (Å²) in [7, 11) is 0. The number of fused-ring (bicyclic) bond motifs is 1. The van der Waals surface area contributed by atoms with Gasteiger partial charge in [-0.25, -0.2) is 4.39 Å². The van der Waals surface area contributed by atoms with Crippen LogP contribution in [0.1, 0.15) is 52.0 Å². The summed E-state index contributed by atoms with van der Waals surface area (Å²) >= 11 is 0. The van der Waals surface area contributed by atoms with E-state index in [-0.39, 0.29) is 17.4 Å². The van der Waals surface area contributed by atoms with Gasteiger partial charge in [-0.1, -0.05) is 42.0 Å². The highest BCUT2D eigenvalue weighted by Crippen LogP contribution is 2.41. The Hall–Kier alpha value is -3.48. The SMILES string of the molecule is Cc1cccc(C(c2cccc(F)c2)C2CN(CC3CC3)C(=O)c3c(O)c(=O)cnn32)c1. The molecule has 0 spiro atoms. The molecular formula is C25H24FN3O3. The Kier molecular flexibility index (Phi) is 5.04. The third-order valence-electron chi connectivity index (χ3n) is 6.37. The van der Waals surface area contributed by atoms with Gasteiger partial charge < -0.3 is 10.0 Å². The predicted octanol–water partition coefficient (Wildman–Crippen LogP) is 3.64. The minimum atomic E-state index is -0.686. The maximum Gasteiger partial charge on any atom is 0.276 e. The van der Waals surface area contributed by atoms with E-state index in [2.05, 4.69) is 5.10 Å². The molecule has 164 valence electrons. The molecule has 2 heterocycles. The normalized spacial score (nSPS) is 19.0. The van der Waals surface area contributed by atoms with Crippen LogP contribution in [0, 0.1) is 18.7 Å². The Morgan fingerprint density at radius 1 is 1.12 bits per heavy atom. The summed E-state index contributed by atoms with van der Waals surface area (Å²) < 4.78 is 15.7. The standard InChI is InChI=1S/C25H24FN3O3/c1-15-4-2-5-17(10-15)22(18-6-3-7-19(26)11-18)20-14-28(13-16-8-9-16)25(32)23-24(31)21(30)12-27-29(20)23/h2-7,10-12,16,20,22,31H,8-9,13-14H2,1H3. The van der Waals surface area contributed by atoms with E-state index >= 15 is 0 Å². The molecule has 5 rings (SSSR count). The van der Waals surface area contributed by atoms with Gasteiger partial charge in [0.25, 0.3) is 5.91 Å². The molecule has 6 nitrogen and oxygen atoms in total. The van der Waals surface area contributed by atoms with Crippen molar-refractivity contribution in [2.75, 3.05) is 13.1 Å². The molecule has 2 aromatic carbocycles. The van der Waals surface area contributed by atoms with Crippen molar-refractivity contribution in [3.63, 3.8) is 0 Å². The van der Waals surface area contributed by atoms with Crippen LogP contribution >= 0.6 is 0 Å². The van der Waals surface area contributed by atoms with Crippen molar-refractivity contribution in [2.24, 2.45) is 5.92 Å². The summed E-state index contributed by atoms with van der Waals surface area (Å²) in [6.45, 7) is 2.92. The number of carbonyl (C=O) groups excluding carboxylic acids is 1. The minimum Gasteiger partial charge on any atom is -0.502 e. The van der Waals surface area contributed by atoms with Crippen molar-refractivity contribution in [2.45, 2.75) is 31.7 Å². The molecule has 0 radical (unpaired) electrons. The summed E-state index contributed by atoms with van der Waals surface area (Å²) in [6, 6.07) is 14.0. The van der Waals surface area contributed by atoms with Gasteiger partial charge in [-0.3, -0.25) is 14.3 Å². The average Bonchev–Trinajstić information content (AvgIpc) is 3.58. The number of benzene rings is 2. The van der Waals surface area contributed by atoms with Gasteiger partial charge in [0.1, 0.15) is 5.82 Å². The highest BCUT2D eigenvalue weighted by molar-refractivity contribution is 5.95. The van der Waals surface area contributed by atoms with E-state index in [1.165, 1.54) is 16.8 Å². The van der Waals surface area contributed by atoms with Crippen LogP contribution in [-0.4, -0.2) is 38.8 Å². The van der Waals surface area contributed by atoms with Crippen molar-refractivity contribution >= 4 is 5.91 Å². The zero-order valence-corrected chi connectivity index (χ0v) is 17.7. The van der Waals surface area contributed by atoms with Crippen LogP contribution in [0.3, 0.4) is 0 Å². The van der Waals surface area contributed by atoms with Crippen molar-refractivity contribution in [1.82, 2.24) is 14.7 Å². The first-order chi connectivity index (χ1) is 15.4. The van der Waals surface area contributed by atoms with Gasteiger partial charge in [0.05, 0.1) is 12.2 Å². The first-order valence-corrected chi connectivity index (χ1v) is 10.8. The summed E-state index contributed by atoms with van der Waals surface area (Å²) in [6.07, 6.45) is 3.16. The Labute approximate surface area is 184 Å².